The summed E-state index contributed by atoms with van der Waals surface area (Å²) in [6.07, 6.45) is 4.77. The standard InChI is InChI=1S/C26H30F3N7O3/c27-26(28,29)39-23-6-2-1-5-20(23)16-33-25-34-17-22(36(37)38)24(35-25)32-15-19-7-9-21(10-8-19)31-13-11-18-4-3-12-30-14-18/h1-6,12,14,17,19,21,31H,7-11,13,15-16H2,(H2,32,33,34,35)/t19-,21-. The van der Waals surface area contributed by atoms with Crippen LogP contribution in [-0.4, -0.2) is 45.4 Å². The van der Waals surface area contributed by atoms with Gasteiger partial charge in [0.25, 0.3) is 0 Å². The van der Waals surface area contributed by atoms with Crippen molar-refractivity contribution in [3.63, 3.8) is 0 Å². The zero-order valence-electron chi connectivity index (χ0n) is 21.2. The average molecular weight is 546 g/mol. The summed E-state index contributed by atoms with van der Waals surface area (Å²) < 4.78 is 42.1. The van der Waals surface area contributed by atoms with Gasteiger partial charge in [0.15, 0.2) is 0 Å². The topological polar surface area (TPSA) is 127 Å². The fourth-order valence-corrected chi connectivity index (χ4v) is 4.55. The molecule has 0 unspecified atom stereocenters. The summed E-state index contributed by atoms with van der Waals surface area (Å²) in [7, 11) is 0. The van der Waals surface area contributed by atoms with Gasteiger partial charge in [-0.25, -0.2) is 4.98 Å². The number of rotatable bonds is 12. The van der Waals surface area contributed by atoms with Crippen LogP contribution in [0.5, 0.6) is 5.75 Å². The molecule has 208 valence electrons. The van der Waals surface area contributed by atoms with Gasteiger partial charge >= 0.3 is 12.0 Å². The van der Waals surface area contributed by atoms with Crippen LogP contribution in [0, 0.1) is 16.0 Å². The zero-order valence-corrected chi connectivity index (χ0v) is 21.2. The number of hydrogen-bond donors (Lipinski definition) is 3. The third-order valence-electron chi connectivity index (χ3n) is 6.58. The second-order valence-electron chi connectivity index (χ2n) is 9.36. The molecule has 2 heterocycles. The van der Waals surface area contributed by atoms with E-state index in [2.05, 4.69) is 41.7 Å². The summed E-state index contributed by atoms with van der Waals surface area (Å²) in [6.45, 7) is 1.33. The molecule has 1 aliphatic carbocycles. The molecule has 0 atom stereocenters. The van der Waals surface area contributed by atoms with Crippen molar-refractivity contribution >= 4 is 17.5 Å². The van der Waals surface area contributed by atoms with Gasteiger partial charge in [0.05, 0.1) is 4.92 Å². The highest BCUT2D eigenvalue weighted by molar-refractivity contribution is 5.57. The van der Waals surface area contributed by atoms with E-state index in [0.29, 0.717) is 18.5 Å². The zero-order chi connectivity index (χ0) is 27.7. The van der Waals surface area contributed by atoms with Gasteiger partial charge in [-0.15, -0.1) is 13.2 Å². The molecule has 0 radical (unpaired) electrons. The van der Waals surface area contributed by atoms with Crippen molar-refractivity contribution in [2.45, 2.75) is 51.1 Å². The fourth-order valence-electron chi connectivity index (χ4n) is 4.55. The van der Waals surface area contributed by atoms with E-state index in [-0.39, 0.29) is 35.3 Å². The fraction of sp³-hybridized carbons (Fsp3) is 0.423. The SMILES string of the molecule is O=[N+]([O-])c1cnc(NCc2ccccc2OC(F)(F)F)nc1NC[C@H]1CC[C@H](NCCc2cccnc2)CC1. The molecule has 2 aromatic heterocycles. The third kappa shape index (κ3) is 8.77. The van der Waals surface area contributed by atoms with Crippen LogP contribution < -0.4 is 20.7 Å². The van der Waals surface area contributed by atoms with E-state index in [9.17, 15) is 23.3 Å². The van der Waals surface area contributed by atoms with Gasteiger partial charge in [-0.3, -0.25) is 15.1 Å². The first-order chi connectivity index (χ1) is 18.8. The minimum atomic E-state index is -4.83. The van der Waals surface area contributed by atoms with E-state index in [0.717, 1.165) is 44.8 Å². The van der Waals surface area contributed by atoms with Crippen LogP contribution in [0.15, 0.2) is 55.0 Å². The smallest absolute Gasteiger partial charge is 0.405 e. The average Bonchev–Trinajstić information content (AvgIpc) is 2.92. The van der Waals surface area contributed by atoms with Gasteiger partial charge in [-0.2, -0.15) is 4.98 Å². The highest BCUT2D eigenvalue weighted by Gasteiger charge is 2.32. The lowest BCUT2D eigenvalue weighted by Gasteiger charge is -2.29. The van der Waals surface area contributed by atoms with Crippen molar-refractivity contribution in [1.29, 1.82) is 0 Å². The Morgan fingerprint density at radius 1 is 1.05 bits per heavy atom. The number of ether oxygens (including phenoxy) is 1. The molecule has 13 heteroatoms. The summed E-state index contributed by atoms with van der Waals surface area (Å²) >= 11 is 0. The van der Waals surface area contributed by atoms with Gasteiger partial charge < -0.3 is 20.7 Å². The first-order valence-corrected chi connectivity index (χ1v) is 12.7. The summed E-state index contributed by atoms with van der Waals surface area (Å²) in [6, 6.07) is 10.1. The van der Waals surface area contributed by atoms with Crippen LogP contribution in [-0.2, 0) is 13.0 Å². The molecule has 1 aliphatic rings. The van der Waals surface area contributed by atoms with Crippen LogP contribution in [0.2, 0.25) is 0 Å². The van der Waals surface area contributed by atoms with E-state index >= 15 is 0 Å². The number of hydrogen-bond acceptors (Lipinski definition) is 9. The molecular weight excluding hydrogens is 515 g/mol. The number of pyridine rings is 1. The number of anilines is 2. The lowest BCUT2D eigenvalue weighted by molar-refractivity contribution is -0.384. The molecule has 0 amide bonds. The van der Waals surface area contributed by atoms with E-state index in [4.69, 9.17) is 0 Å². The maximum Gasteiger partial charge on any atom is 0.573 e. The highest BCUT2D eigenvalue weighted by Crippen LogP contribution is 2.29. The van der Waals surface area contributed by atoms with Gasteiger partial charge in [0.1, 0.15) is 11.9 Å². The van der Waals surface area contributed by atoms with Crippen molar-refractivity contribution in [3.8, 4) is 5.75 Å². The molecule has 39 heavy (non-hydrogen) atoms. The normalized spacial score (nSPS) is 17.4. The predicted octanol–water partition coefficient (Wildman–Crippen LogP) is 5.09. The van der Waals surface area contributed by atoms with Crippen molar-refractivity contribution in [2.75, 3.05) is 23.7 Å². The molecule has 1 fully saturated rings. The van der Waals surface area contributed by atoms with Crippen LogP contribution in [0.3, 0.4) is 0 Å². The van der Waals surface area contributed by atoms with E-state index in [1.165, 1.54) is 23.8 Å². The molecule has 0 spiro atoms. The van der Waals surface area contributed by atoms with Gasteiger partial charge in [0.2, 0.25) is 11.8 Å². The first kappa shape index (κ1) is 28.0. The van der Waals surface area contributed by atoms with E-state index < -0.39 is 11.3 Å². The van der Waals surface area contributed by atoms with Crippen molar-refractivity contribution in [2.24, 2.45) is 5.92 Å². The van der Waals surface area contributed by atoms with E-state index in [1.54, 1.807) is 12.3 Å². The van der Waals surface area contributed by atoms with Crippen molar-refractivity contribution in [1.82, 2.24) is 20.3 Å². The maximum absolute atomic E-state index is 12.7. The number of halogens is 3. The lowest BCUT2D eigenvalue weighted by Crippen LogP contribution is -2.35. The monoisotopic (exact) mass is 545 g/mol. The quantitative estimate of drug-likeness (QED) is 0.211. The largest absolute Gasteiger partial charge is 0.573 e. The van der Waals surface area contributed by atoms with Crippen molar-refractivity contribution in [3.05, 3.63) is 76.2 Å². The van der Waals surface area contributed by atoms with Crippen LogP contribution in [0.1, 0.15) is 36.8 Å². The molecule has 4 rings (SSSR count). The number of nitro groups is 1. The number of alkyl halides is 3. The van der Waals surface area contributed by atoms with Crippen LogP contribution in [0.25, 0.3) is 0 Å². The Morgan fingerprint density at radius 3 is 2.56 bits per heavy atom. The van der Waals surface area contributed by atoms with E-state index in [1.807, 2.05) is 12.3 Å². The Balaban J connectivity index is 1.28. The van der Waals surface area contributed by atoms with Crippen molar-refractivity contribution < 1.29 is 22.8 Å². The second kappa shape index (κ2) is 13.2. The summed E-state index contributed by atoms with van der Waals surface area (Å²) in [5.41, 5.74) is 1.16. The first-order valence-electron chi connectivity index (χ1n) is 12.7. The Kier molecular flexibility index (Phi) is 9.47. The third-order valence-corrected chi connectivity index (χ3v) is 6.58. The molecule has 3 N–H and O–H groups in total. The molecule has 0 aliphatic heterocycles. The number of benzene rings is 1. The second-order valence-corrected chi connectivity index (χ2v) is 9.36. The molecule has 10 nitrogen and oxygen atoms in total. The molecule has 0 bridgehead atoms. The Morgan fingerprint density at radius 2 is 1.85 bits per heavy atom. The molecular formula is C26H30F3N7O3. The predicted molar refractivity (Wildman–Crippen MR) is 139 cm³/mol. The number of aromatic nitrogens is 3. The Labute approximate surface area is 223 Å². The molecule has 0 saturated heterocycles. The Bertz CT molecular complexity index is 1220. The molecule has 1 aromatic carbocycles. The highest BCUT2D eigenvalue weighted by atomic mass is 19.4. The molecule has 3 aromatic rings. The van der Waals surface area contributed by atoms with Gasteiger partial charge in [-0.05, 0) is 62.3 Å². The minimum absolute atomic E-state index is 0.0476. The maximum atomic E-state index is 12.7. The summed E-state index contributed by atoms with van der Waals surface area (Å²) in [4.78, 5) is 23.3. The summed E-state index contributed by atoms with van der Waals surface area (Å²) in [5, 5.41) is 21.0. The summed E-state index contributed by atoms with van der Waals surface area (Å²) in [5.74, 6) is 0.0964. The number of nitrogens with zero attached hydrogens (tertiary/aromatic N) is 4. The number of para-hydroxylation sites is 1. The van der Waals surface area contributed by atoms with Crippen LogP contribution >= 0.6 is 0 Å². The van der Waals surface area contributed by atoms with Crippen LogP contribution in [0.4, 0.5) is 30.6 Å². The molecule has 1 saturated carbocycles. The van der Waals surface area contributed by atoms with Gasteiger partial charge in [0, 0.05) is 37.1 Å². The van der Waals surface area contributed by atoms with Gasteiger partial charge in [-0.1, -0.05) is 24.3 Å². The Hall–Kier alpha value is -4.00. The minimum Gasteiger partial charge on any atom is -0.405 e. The number of nitrogens with one attached hydrogen (secondary N) is 3. The lowest BCUT2D eigenvalue weighted by atomic mass is 9.86.